The number of carboxylic acid groups (broad SMARTS) is 1. The molecule has 0 radical (unpaired) electrons. The number of carbonyl (C=O) groups is 1. The van der Waals surface area contributed by atoms with Crippen LogP contribution in [0.1, 0.15) is 51.3 Å². The molecule has 1 aliphatic carbocycles. The predicted octanol–water partition coefficient (Wildman–Crippen LogP) is 5.42. The van der Waals surface area contributed by atoms with E-state index in [-0.39, 0.29) is 17.6 Å². The van der Waals surface area contributed by atoms with Gasteiger partial charge in [0.2, 0.25) is 0 Å². The van der Waals surface area contributed by atoms with Crippen molar-refractivity contribution in [2.45, 2.75) is 52.7 Å². The van der Waals surface area contributed by atoms with Crippen molar-refractivity contribution >= 4 is 6.09 Å². The van der Waals surface area contributed by atoms with E-state index in [9.17, 15) is 9.90 Å². The number of rotatable bonds is 4. The normalized spacial score (nSPS) is 18.3. The van der Waals surface area contributed by atoms with Crippen molar-refractivity contribution in [1.82, 2.24) is 5.32 Å². The SMILES string of the molecule is CC(C)Oc1cccc(-c2ccc3c(c2)CCC(C)(C)[C@H]3NC(=O)O)c1. The Morgan fingerprint density at radius 1 is 1.19 bits per heavy atom. The van der Waals surface area contributed by atoms with Gasteiger partial charge in [-0.15, -0.1) is 0 Å². The Morgan fingerprint density at radius 2 is 1.92 bits per heavy atom. The highest BCUT2D eigenvalue weighted by Gasteiger charge is 2.37. The lowest BCUT2D eigenvalue weighted by Crippen LogP contribution is -2.40. The predicted molar refractivity (Wildman–Crippen MR) is 104 cm³/mol. The fraction of sp³-hybridized carbons (Fsp3) is 0.409. The minimum absolute atomic E-state index is 0.0993. The molecule has 0 aliphatic heterocycles. The molecule has 1 amide bonds. The zero-order valence-corrected chi connectivity index (χ0v) is 15.9. The van der Waals surface area contributed by atoms with E-state index in [1.807, 2.05) is 26.0 Å². The lowest BCUT2D eigenvalue weighted by Gasteiger charge is -2.40. The number of hydrogen-bond acceptors (Lipinski definition) is 2. The molecule has 0 spiro atoms. The van der Waals surface area contributed by atoms with Gasteiger partial charge in [-0.2, -0.15) is 0 Å². The highest BCUT2D eigenvalue weighted by atomic mass is 16.5. The molecular weight excluding hydrogens is 326 g/mol. The van der Waals surface area contributed by atoms with Gasteiger partial charge in [-0.3, -0.25) is 0 Å². The molecule has 1 atom stereocenters. The van der Waals surface area contributed by atoms with Crippen LogP contribution in [0.4, 0.5) is 4.79 Å². The summed E-state index contributed by atoms with van der Waals surface area (Å²) in [7, 11) is 0. The molecule has 2 N–H and O–H groups in total. The fourth-order valence-electron chi connectivity index (χ4n) is 3.72. The van der Waals surface area contributed by atoms with Gasteiger partial charge in [0.25, 0.3) is 0 Å². The highest BCUT2D eigenvalue weighted by molar-refractivity contribution is 5.68. The van der Waals surface area contributed by atoms with Crippen molar-refractivity contribution in [3.63, 3.8) is 0 Å². The first-order valence-electron chi connectivity index (χ1n) is 9.15. The largest absolute Gasteiger partial charge is 0.491 e. The monoisotopic (exact) mass is 353 g/mol. The average Bonchev–Trinajstić information content (AvgIpc) is 2.56. The molecule has 0 bridgehead atoms. The first-order chi connectivity index (χ1) is 12.3. The molecule has 2 aromatic rings. The standard InChI is InChI=1S/C22H27NO3/c1-14(2)26-18-7-5-6-15(13-18)16-8-9-19-17(12-16)10-11-22(3,4)20(19)23-21(24)25/h5-9,12-14,20,23H,10-11H2,1-4H3,(H,24,25)/t20-/m0/s1. The molecule has 26 heavy (non-hydrogen) atoms. The zero-order valence-electron chi connectivity index (χ0n) is 15.9. The number of ether oxygens (including phenoxy) is 1. The van der Waals surface area contributed by atoms with Gasteiger partial charge in [0, 0.05) is 0 Å². The Labute approximate surface area is 155 Å². The average molecular weight is 353 g/mol. The summed E-state index contributed by atoms with van der Waals surface area (Å²) >= 11 is 0. The second-order valence-corrected chi connectivity index (χ2v) is 7.98. The molecule has 1 aliphatic rings. The summed E-state index contributed by atoms with van der Waals surface area (Å²) in [5.74, 6) is 0.863. The third-order valence-corrected chi connectivity index (χ3v) is 5.08. The smallest absolute Gasteiger partial charge is 0.405 e. The molecule has 138 valence electrons. The molecule has 4 heteroatoms. The van der Waals surface area contributed by atoms with Crippen LogP contribution >= 0.6 is 0 Å². The molecule has 4 nitrogen and oxygen atoms in total. The van der Waals surface area contributed by atoms with Gasteiger partial charge in [-0.1, -0.05) is 44.2 Å². The van der Waals surface area contributed by atoms with Crippen molar-refractivity contribution in [3.8, 4) is 16.9 Å². The van der Waals surface area contributed by atoms with Crippen LogP contribution in [0.2, 0.25) is 0 Å². The fourth-order valence-corrected chi connectivity index (χ4v) is 3.72. The highest BCUT2D eigenvalue weighted by Crippen LogP contribution is 2.44. The van der Waals surface area contributed by atoms with Crippen LogP contribution in [-0.4, -0.2) is 17.3 Å². The summed E-state index contributed by atoms with van der Waals surface area (Å²) in [5.41, 5.74) is 4.45. The molecular formula is C22H27NO3. The van der Waals surface area contributed by atoms with Crippen LogP contribution < -0.4 is 10.1 Å². The van der Waals surface area contributed by atoms with Crippen molar-refractivity contribution in [2.75, 3.05) is 0 Å². The van der Waals surface area contributed by atoms with Crippen LogP contribution in [-0.2, 0) is 6.42 Å². The van der Waals surface area contributed by atoms with Crippen molar-refractivity contribution in [2.24, 2.45) is 5.41 Å². The third kappa shape index (κ3) is 3.85. The second kappa shape index (κ2) is 7.02. The number of fused-ring (bicyclic) bond motifs is 1. The van der Waals surface area contributed by atoms with Gasteiger partial charge < -0.3 is 15.2 Å². The molecule has 0 fully saturated rings. The van der Waals surface area contributed by atoms with Crippen molar-refractivity contribution in [3.05, 3.63) is 53.6 Å². The summed E-state index contributed by atoms with van der Waals surface area (Å²) < 4.78 is 5.80. The van der Waals surface area contributed by atoms with E-state index >= 15 is 0 Å². The molecule has 0 saturated heterocycles. The summed E-state index contributed by atoms with van der Waals surface area (Å²) in [4.78, 5) is 11.3. The number of hydrogen-bond donors (Lipinski definition) is 2. The summed E-state index contributed by atoms with van der Waals surface area (Å²) in [6.07, 6.45) is 1.07. The van der Waals surface area contributed by atoms with Crippen molar-refractivity contribution < 1.29 is 14.6 Å². The maximum absolute atomic E-state index is 11.3. The Hall–Kier alpha value is -2.49. The van der Waals surface area contributed by atoms with E-state index in [2.05, 4.69) is 49.5 Å². The number of benzene rings is 2. The topological polar surface area (TPSA) is 58.6 Å². The van der Waals surface area contributed by atoms with Gasteiger partial charge in [0.15, 0.2) is 0 Å². The number of amides is 1. The minimum Gasteiger partial charge on any atom is -0.491 e. The van der Waals surface area contributed by atoms with Gasteiger partial charge in [-0.25, -0.2) is 4.79 Å². The number of aryl methyl sites for hydroxylation is 1. The van der Waals surface area contributed by atoms with Crippen molar-refractivity contribution in [1.29, 1.82) is 0 Å². The van der Waals surface area contributed by atoms with E-state index in [4.69, 9.17) is 4.74 Å². The molecule has 2 aromatic carbocycles. The lowest BCUT2D eigenvalue weighted by atomic mass is 9.70. The minimum atomic E-state index is -0.974. The Kier molecular flexibility index (Phi) is 4.94. The molecule has 0 aromatic heterocycles. The summed E-state index contributed by atoms with van der Waals surface area (Å²) in [6, 6.07) is 14.3. The van der Waals surface area contributed by atoms with Crippen LogP contribution in [0.3, 0.4) is 0 Å². The molecule has 0 unspecified atom stereocenters. The maximum Gasteiger partial charge on any atom is 0.405 e. The third-order valence-electron chi connectivity index (χ3n) is 5.08. The van der Waals surface area contributed by atoms with E-state index < -0.39 is 6.09 Å². The van der Waals surface area contributed by atoms with Crippen LogP contribution in [0, 0.1) is 5.41 Å². The first-order valence-corrected chi connectivity index (χ1v) is 9.15. The summed E-state index contributed by atoms with van der Waals surface area (Å²) in [5, 5.41) is 11.9. The Bertz CT molecular complexity index is 811. The Balaban J connectivity index is 1.96. The Morgan fingerprint density at radius 3 is 2.62 bits per heavy atom. The van der Waals surface area contributed by atoms with E-state index in [1.165, 1.54) is 5.56 Å². The molecule has 0 saturated carbocycles. The van der Waals surface area contributed by atoms with E-state index in [1.54, 1.807) is 0 Å². The van der Waals surface area contributed by atoms with Gasteiger partial charge in [-0.05, 0) is 66.5 Å². The van der Waals surface area contributed by atoms with Crippen LogP contribution in [0.25, 0.3) is 11.1 Å². The van der Waals surface area contributed by atoms with Crippen LogP contribution in [0.15, 0.2) is 42.5 Å². The van der Waals surface area contributed by atoms with E-state index in [0.29, 0.717) is 0 Å². The molecule has 0 heterocycles. The zero-order chi connectivity index (χ0) is 18.9. The lowest BCUT2D eigenvalue weighted by molar-refractivity contribution is 0.161. The van der Waals surface area contributed by atoms with Gasteiger partial charge in [0.05, 0.1) is 12.1 Å². The quantitative estimate of drug-likeness (QED) is 0.771. The van der Waals surface area contributed by atoms with Crippen LogP contribution in [0.5, 0.6) is 5.75 Å². The van der Waals surface area contributed by atoms with Gasteiger partial charge >= 0.3 is 6.09 Å². The first kappa shape index (κ1) is 18.3. The van der Waals surface area contributed by atoms with E-state index in [0.717, 1.165) is 35.3 Å². The second-order valence-electron chi connectivity index (χ2n) is 7.98. The van der Waals surface area contributed by atoms with Gasteiger partial charge in [0.1, 0.15) is 5.75 Å². The number of nitrogens with one attached hydrogen (secondary N) is 1. The summed E-state index contributed by atoms with van der Waals surface area (Å²) in [6.45, 7) is 8.28. The molecule has 3 rings (SSSR count). The maximum atomic E-state index is 11.3.